The third-order valence-corrected chi connectivity index (χ3v) is 4.53. The zero-order valence-electron chi connectivity index (χ0n) is 13.9. The molecule has 6 heteroatoms. The van der Waals surface area contributed by atoms with E-state index in [1.807, 2.05) is 54.6 Å². The van der Waals surface area contributed by atoms with Crippen LogP contribution in [0, 0.1) is 0 Å². The Hall–Kier alpha value is -2.73. The molecule has 0 saturated carbocycles. The molecule has 1 amide bonds. The van der Waals surface area contributed by atoms with Crippen LogP contribution in [-0.4, -0.2) is 28.7 Å². The maximum absolute atomic E-state index is 12.1. The van der Waals surface area contributed by atoms with Crippen LogP contribution in [0.4, 0.5) is 0 Å². The Kier molecular flexibility index (Phi) is 5.74. The molecule has 0 bridgehead atoms. The molecule has 5 nitrogen and oxygen atoms in total. The summed E-state index contributed by atoms with van der Waals surface area (Å²) in [5.41, 5.74) is 2.97. The van der Waals surface area contributed by atoms with Gasteiger partial charge in [-0.05, 0) is 11.6 Å². The topological polar surface area (TPSA) is 67.0 Å². The lowest BCUT2D eigenvalue weighted by molar-refractivity contribution is -0.118. The molecule has 0 aliphatic rings. The van der Waals surface area contributed by atoms with Crippen LogP contribution in [0.1, 0.15) is 5.56 Å². The van der Waals surface area contributed by atoms with Crippen LogP contribution < -0.4 is 10.1 Å². The van der Waals surface area contributed by atoms with Crippen molar-refractivity contribution in [1.29, 1.82) is 0 Å². The van der Waals surface area contributed by atoms with Crippen LogP contribution in [0.2, 0.25) is 0 Å². The smallest absolute Gasteiger partial charge is 0.230 e. The van der Waals surface area contributed by atoms with Gasteiger partial charge in [-0.2, -0.15) is 0 Å². The molecule has 3 aromatic rings. The number of ether oxygens (including phenoxy) is 1. The highest BCUT2D eigenvalue weighted by molar-refractivity contribution is 7.99. The van der Waals surface area contributed by atoms with Crippen LogP contribution in [0.25, 0.3) is 11.3 Å². The van der Waals surface area contributed by atoms with Crippen molar-refractivity contribution in [1.82, 2.24) is 15.3 Å². The second-order valence-corrected chi connectivity index (χ2v) is 6.31. The van der Waals surface area contributed by atoms with Gasteiger partial charge in [0.1, 0.15) is 5.75 Å². The lowest BCUT2D eigenvalue weighted by Crippen LogP contribution is -2.24. The number of nitrogens with zero attached hydrogens (tertiary/aromatic N) is 1. The minimum absolute atomic E-state index is 0.0476. The van der Waals surface area contributed by atoms with E-state index in [2.05, 4.69) is 15.3 Å². The Morgan fingerprint density at radius 2 is 1.92 bits per heavy atom. The number of rotatable bonds is 7. The number of methoxy groups -OCH3 is 1. The van der Waals surface area contributed by atoms with Gasteiger partial charge in [0.2, 0.25) is 5.91 Å². The number of amides is 1. The molecule has 25 heavy (non-hydrogen) atoms. The molecule has 0 unspecified atom stereocenters. The molecule has 0 saturated heterocycles. The first-order valence-electron chi connectivity index (χ1n) is 7.88. The van der Waals surface area contributed by atoms with E-state index in [1.54, 1.807) is 13.3 Å². The summed E-state index contributed by atoms with van der Waals surface area (Å²) in [5, 5.41) is 3.63. The summed E-state index contributed by atoms with van der Waals surface area (Å²) in [4.78, 5) is 19.6. The normalized spacial score (nSPS) is 10.4. The zero-order valence-corrected chi connectivity index (χ0v) is 14.7. The first kappa shape index (κ1) is 17.1. The quantitative estimate of drug-likeness (QED) is 0.638. The molecule has 128 valence electrons. The van der Waals surface area contributed by atoms with Crippen LogP contribution in [-0.2, 0) is 11.3 Å². The SMILES string of the molecule is COc1ccccc1CNC(=O)CSc1ncc(-c2ccccc2)[nH]1. The Bertz CT molecular complexity index is 833. The summed E-state index contributed by atoms with van der Waals surface area (Å²) >= 11 is 1.38. The summed E-state index contributed by atoms with van der Waals surface area (Å²) in [6, 6.07) is 17.6. The third-order valence-electron chi connectivity index (χ3n) is 3.65. The van der Waals surface area contributed by atoms with Gasteiger partial charge in [-0.25, -0.2) is 4.98 Å². The Morgan fingerprint density at radius 1 is 1.16 bits per heavy atom. The number of nitrogens with one attached hydrogen (secondary N) is 2. The molecule has 0 spiro atoms. The van der Waals surface area contributed by atoms with E-state index in [9.17, 15) is 4.79 Å². The minimum atomic E-state index is -0.0476. The predicted octanol–water partition coefficient (Wildman–Crippen LogP) is 3.49. The fraction of sp³-hybridized carbons (Fsp3) is 0.158. The van der Waals surface area contributed by atoms with Gasteiger partial charge in [-0.3, -0.25) is 4.79 Å². The molecule has 1 heterocycles. The van der Waals surface area contributed by atoms with Crippen molar-refractivity contribution >= 4 is 17.7 Å². The number of carbonyl (C=O) groups excluding carboxylic acids is 1. The highest BCUT2D eigenvalue weighted by Crippen LogP contribution is 2.21. The van der Waals surface area contributed by atoms with Gasteiger partial charge in [0.25, 0.3) is 0 Å². The van der Waals surface area contributed by atoms with E-state index in [1.165, 1.54) is 11.8 Å². The number of carbonyl (C=O) groups is 1. The largest absolute Gasteiger partial charge is 0.496 e. The van der Waals surface area contributed by atoms with E-state index >= 15 is 0 Å². The van der Waals surface area contributed by atoms with Crippen LogP contribution >= 0.6 is 11.8 Å². The van der Waals surface area contributed by atoms with Crippen molar-refractivity contribution < 1.29 is 9.53 Å². The number of hydrogen-bond donors (Lipinski definition) is 2. The van der Waals surface area contributed by atoms with Crippen molar-refractivity contribution in [2.24, 2.45) is 0 Å². The molecular weight excluding hydrogens is 334 g/mol. The summed E-state index contributed by atoms with van der Waals surface area (Å²) in [6.45, 7) is 0.441. The minimum Gasteiger partial charge on any atom is -0.496 e. The molecule has 0 aliphatic carbocycles. The summed E-state index contributed by atoms with van der Waals surface area (Å²) in [7, 11) is 1.62. The van der Waals surface area contributed by atoms with E-state index in [4.69, 9.17) is 4.74 Å². The molecule has 0 radical (unpaired) electrons. The van der Waals surface area contributed by atoms with Gasteiger partial charge in [0.15, 0.2) is 5.16 Å². The zero-order chi connectivity index (χ0) is 17.5. The fourth-order valence-corrected chi connectivity index (χ4v) is 3.05. The monoisotopic (exact) mass is 353 g/mol. The van der Waals surface area contributed by atoms with Crippen molar-refractivity contribution in [3.63, 3.8) is 0 Å². The maximum Gasteiger partial charge on any atom is 0.230 e. The molecule has 0 atom stereocenters. The van der Waals surface area contributed by atoms with E-state index in [0.717, 1.165) is 27.7 Å². The van der Waals surface area contributed by atoms with Crippen LogP contribution in [0.5, 0.6) is 5.75 Å². The Labute approximate surface area is 150 Å². The van der Waals surface area contributed by atoms with Crippen molar-refractivity contribution in [2.75, 3.05) is 12.9 Å². The Morgan fingerprint density at radius 3 is 2.72 bits per heavy atom. The number of aromatic nitrogens is 2. The van der Waals surface area contributed by atoms with Gasteiger partial charge in [0.05, 0.1) is 24.8 Å². The number of hydrogen-bond acceptors (Lipinski definition) is 4. The highest BCUT2D eigenvalue weighted by Gasteiger charge is 2.08. The van der Waals surface area contributed by atoms with Gasteiger partial charge in [-0.1, -0.05) is 60.3 Å². The number of imidazole rings is 1. The lowest BCUT2D eigenvalue weighted by Gasteiger charge is -2.09. The third kappa shape index (κ3) is 4.64. The van der Waals surface area contributed by atoms with Crippen LogP contribution in [0.15, 0.2) is 66.0 Å². The maximum atomic E-state index is 12.1. The molecule has 1 aromatic heterocycles. The van der Waals surface area contributed by atoms with E-state index < -0.39 is 0 Å². The number of benzene rings is 2. The van der Waals surface area contributed by atoms with Crippen molar-refractivity contribution in [3.05, 3.63) is 66.4 Å². The van der Waals surface area contributed by atoms with Crippen molar-refractivity contribution in [3.8, 4) is 17.0 Å². The first-order chi connectivity index (χ1) is 12.3. The summed E-state index contributed by atoms with van der Waals surface area (Å²) in [5.74, 6) is 1.03. The number of para-hydroxylation sites is 1. The number of H-pyrrole nitrogens is 1. The highest BCUT2D eigenvalue weighted by atomic mass is 32.2. The second kappa shape index (κ2) is 8.39. The molecule has 2 N–H and O–H groups in total. The lowest BCUT2D eigenvalue weighted by atomic mass is 10.2. The van der Waals surface area contributed by atoms with Crippen molar-refractivity contribution in [2.45, 2.75) is 11.7 Å². The fourth-order valence-electron chi connectivity index (χ4n) is 2.37. The molecule has 3 rings (SSSR count). The Balaban J connectivity index is 1.50. The number of aromatic amines is 1. The predicted molar refractivity (Wildman–Crippen MR) is 99.6 cm³/mol. The van der Waals surface area contributed by atoms with Crippen LogP contribution in [0.3, 0.4) is 0 Å². The first-order valence-corrected chi connectivity index (χ1v) is 8.86. The molecule has 0 fully saturated rings. The summed E-state index contributed by atoms with van der Waals surface area (Å²) in [6.07, 6.45) is 1.78. The molecule has 0 aliphatic heterocycles. The van der Waals surface area contributed by atoms with Gasteiger partial charge >= 0.3 is 0 Å². The van der Waals surface area contributed by atoms with E-state index in [-0.39, 0.29) is 5.91 Å². The number of thioether (sulfide) groups is 1. The van der Waals surface area contributed by atoms with Gasteiger partial charge in [-0.15, -0.1) is 0 Å². The molecular formula is C19H19N3O2S. The second-order valence-electron chi connectivity index (χ2n) is 5.35. The standard InChI is InChI=1S/C19H19N3O2S/c1-24-17-10-6-5-9-15(17)11-20-18(23)13-25-19-21-12-16(22-19)14-7-3-2-4-8-14/h2-10,12H,11,13H2,1H3,(H,20,23)(H,21,22). The van der Waals surface area contributed by atoms with Gasteiger partial charge in [0, 0.05) is 12.1 Å². The summed E-state index contributed by atoms with van der Waals surface area (Å²) < 4.78 is 5.28. The van der Waals surface area contributed by atoms with E-state index in [0.29, 0.717) is 12.3 Å². The van der Waals surface area contributed by atoms with Gasteiger partial charge < -0.3 is 15.0 Å². The average Bonchev–Trinajstić information content (AvgIpc) is 3.14. The molecule has 2 aromatic carbocycles. The average molecular weight is 353 g/mol.